The molecule has 1 N–H and O–H groups in total. The summed E-state index contributed by atoms with van der Waals surface area (Å²) in [6.07, 6.45) is 4.51. The van der Waals surface area contributed by atoms with Crippen molar-refractivity contribution in [1.29, 1.82) is 0 Å². The molecule has 1 heterocycles. The third-order valence-electron chi connectivity index (χ3n) is 3.47. The lowest BCUT2D eigenvalue weighted by molar-refractivity contribution is -0.120. The van der Waals surface area contributed by atoms with Crippen molar-refractivity contribution in [2.75, 3.05) is 18.0 Å². The van der Waals surface area contributed by atoms with Gasteiger partial charge in [-0.2, -0.15) is 0 Å². The van der Waals surface area contributed by atoms with Gasteiger partial charge in [0.2, 0.25) is 5.91 Å². The molecule has 3 nitrogen and oxygen atoms in total. The Kier molecular flexibility index (Phi) is 4.62. The molecule has 0 aliphatic carbocycles. The van der Waals surface area contributed by atoms with Crippen molar-refractivity contribution >= 4 is 11.6 Å². The van der Waals surface area contributed by atoms with Crippen molar-refractivity contribution in [3.8, 4) is 0 Å². The molecule has 3 heteroatoms. The second-order valence-electron chi connectivity index (χ2n) is 4.84. The van der Waals surface area contributed by atoms with Gasteiger partial charge in [0.1, 0.15) is 0 Å². The molecule has 0 atom stereocenters. The Balaban J connectivity index is 1.90. The van der Waals surface area contributed by atoms with Crippen molar-refractivity contribution in [1.82, 2.24) is 5.32 Å². The van der Waals surface area contributed by atoms with Gasteiger partial charge in [-0.15, -0.1) is 0 Å². The van der Waals surface area contributed by atoms with Crippen LogP contribution in [0.5, 0.6) is 0 Å². The largest absolute Gasteiger partial charge is 0.372 e. The summed E-state index contributed by atoms with van der Waals surface area (Å²) in [6.45, 7) is 4.85. The van der Waals surface area contributed by atoms with Gasteiger partial charge in [0.05, 0.1) is 0 Å². The van der Waals surface area contributed by atoms with Crippen LogP contribution in [-0.2, 0) is 11.3 Å². The monoisotopic (exact) mass is 246 g/mol. The number of hydrogen-bond donors (Lipinski definition) is 1. The third-order valence-corrected chi connectivity index (χ3v) is 3.47. The number of benzene rings is 1. The number of nitrogens with one attached hydrogen (secondary N) is 1. The Hall–Kier alpha value is -1.51. The van der Waals surface area contributed by atoms with E-state index >= 15 is 0 Å². The Labute approximate surface area is 109 Å². The van der Waals surface area contributed by atoms with Crippen LogP contribution in [0, 0.1) is 0 Å². The lowest BCUT2D eigenvalue weighted by Crippen LogP contribution is -2.29. The molecule has 1 saturated heterocycles. The van der Waals surface area contributed by atoms with Gasteiger partial charge >= 0.3 is 0 Å². The van der Waals surface area contributed by atoms with Gasteiger partial charge in [-0.25, -0.2) is 0 Å². The molecule has 0 saturated carbocycles. The summed E-state index contributed by atoms with van der Waals surface area (Å²) in [6, 6.07) is 8.55. The highest BCUT2D eigenvalue weighted by Gasteiger charge is 2.10. The lowest BCUT2D eigenvalue weighted by atomic mass is 10.1. The second-order valence-corrected chi connectivity index (χ2v) is 4.84. The van der Waals surface area contributed by atoms with E-state index in [-0.39, 0.29) is 5.91 Å². The summed E-state index contributed by atoms with van der Waals surface area (Å²) in [7, 11) is 0. The predicted molar refractivity (Wildman–Crippen MR) is 74.6 cm³/mol. The highest BCUT2D eigenvalue weighted by molar-refractivity contribution is 5.75. The molecule has 98 valence electrons. The van der Waals surface area contributed by atoms with E-state index in [0.717, 1.165) is 5.56 Å². The molecular formula is C15H22N2O. The molecule has 0 spiro atoms. The molecule has 1 aliphatic heterocycles. The zero-order valence-corrected chi connectivity index (χ0v) is 11.1. The molecule has 0 unspecified atom stereocenters. The first-order chi connectivity index (χ1) is 8.79. The smallest absolute Gasteiger partial charge is 0.219 e. The fourth-order valence-corrected chi connectivity index (χ4v) is 2.30. The maximum Gasteiger partial charge on any atom is 0.219 e. The fraction of sp³-hybridized carbons (Fsp3) is 0.533. The van der Waals surface area contributed by atoms with Gasteiger partial charge in [-0.1, -0.05) is 19.1 Å². The molecule has 0 bridgehead atoms. The molecule has 1 aliphatic rings. The maximum atomic E-state index is 11.2. The summed E-state index contributed by atoms with van der Waals surface area (Å²) >= 11 is 0. The summed E-state index contributed by atoms with van der Waals surface area (Å²) in [5.74, 6) is 0.107. The molecule has 2 rings (SSSR count). The first-order valence-corrected chi connectivity index (χ1v) is 6.90. The van der Waals surface area contributed by atoms with E-state index in [4.69, 9.17) is 0 Å². The highest BCUT2D eigenvalue weighted by Crippen LogP contribution is 2.20. The van der Waals surface area contributed by atoms with E-state index < -0.39 is 0 Å². The van der Waals surface area contributed by atoms with E-state index in [1.165, 1.54) is 38.0 Å². The van der Waals surface area contributed by atoms with E-state index in [2.05, 4.69) is 34.5 Å². The molecule has 1 aromatic rings. The highest BCUT2D eigenvalue weighted by atomic mass is 16.1. The van der Waals surface area contributed by atoms with Gasteiger partial charge in [-0.3, -0.25) is 4.79 Å². The van der Waals surface area contributed by atoms with Crippen LogP contribution in [0.1, 0.15) is 38.2 Å². The molecule has 0 radical (unpaired) electrons. The topological polar surface area (TPSA) is 32.3 Å². The summed E-state index contributed by atoms with van der Waals surface area (Å²) in [5.41, 5.74) is 2.47. The Morgan fingerprint density at radius 1 is 1.17 bits per heavy atom. The molecule has 1 amide bonds. The molecule has 18 heavy (non-hydrogen) atoms. The molecule has 1 aromatic carbocycles. The molecule has 0 aromatic heterocycles. The van der Waals surface area contributed by atoms with Crippen LogP contribution in [0.4, 0.5) is 5.69 Å². The Morgan fingerprint density at radius 2 is 1.83 bits per heavy atom. The minimum atomic E-state index is 0.107. The number of amides is 1. The first kappa shape index (κ1) is 12.9. The van der Waals surface area contributed by atoms with Crippen LogP contribution in [0.25, 0.3) is 0 Å². The van der Waals surface area contributed by atoms with E-state index in [0.29, 0.717) is 13.0 Å². The minimum Gasteiger partial charge on any atom is -0.372 e. The van der Waals surface area contributed by atoms with Gasteiger partial charge in [0.15, 0.2) is 0 Å². The van der Waals surface area contributed by atoms with E-state index in [1.54, 1.807) is 0 Å². The van der Waals surface area contributed by atoms with Crippen LogP contribution >= 0.6 is 0 Å². The zero-order chi connectivity index (χ0) is 12.8. The number of carbonyl (C=O) groups is 1. The number of piperidine rings is 1. The minimum absolute atomic E-state index is 0.107. The Morgan fingerprint density at radius 3 is 2.44 bits per heavy atom. The van der Waals surface area contributed by atoms with E-state index in [1.807, 2.05) is 6.92 Å². The van der Waals surface area contributed by atoms with E-state index in [9.17, 15) is 4.79 Å². The lowest BCUT2D eigenvalue weighted by Gasteiger charge is -2.28. The SMILES string of the molecule is CCC(=O)NCc1ccc(N2CCCCC2)cc1. The zero-order valence-electron chi connectivity index (χ0n) is 11.1. The predicted octanol–water partition coefficient (Wildman–Crippen LogP) is 2.70. The second kappa shape index (κ2) is 6.43. The van der Waals surface area contributed by atoms with Crippen LogP contribution in [0.15, 0.2) is 24.3 Å². The third kappa shape index (κ3) is 3.49. The van der Waals surface area contributed by atoms with Gasteiger partial charge in [0.25, 0.3) is 0 Å². The summed E-state index contributed by atoms with van der Waals surface area (Å²) in [4.78, 5) is 13.6. The van der Waals surface area contributed by atoms with Gasteiger partial charge < -0.3 is 10.2 Å². The standard InChI is InChI=1S/C15H22N2O/c1-2-15(18)16-12-13-6-8-14(9-7-13)17-10-4-3-5-11-17/h6-9H,2-5,10-12H2,1H3,(H,16,18). The number of carbonyl (C=O) groups excluding carboxylic acids is 1. The van der Waals surface area contributed by atoms with Crippen molar-refractivity contribution in [3.63, 3.8) is 0 Å². The van der Waals surface area contributed by atoms with Crippen LogP contribution in [-0.4, -0.2) is 19.0 Å². The average Bonchev–Trinajstić information content (AvgIpc) is 2.46. The first-order valence-electron chi connectivity index (χ1n) is 6.90. The van der Waals surface area contributed by atoms with Crippen molar-refractivity contribution in [3.05, 3.63) is 29.8 Å². The van der Waals surface area contributed by atoms with Crippen molar-refractivity contribution < 1.29 is 4.79 Å². The van der Waals surface area contributed by atoms with Gasteiger partial charge in [0, 0.05) is 31.7 Å². The van der Waals surface area contributed by atoms with Gasteiger partial charge in [-0.05, 0) is 37.0 Å². The van der Waals surface area contributed by atoms with Crippen LogP contribution < -0.4 is 10.2 Å². The summed E-state index contributed by atoms with van der Waals surface area (Å²) < 4.78 is 0. The van der Waals surface area contributed by atoms with Crippen LogP contribution in [0.2, 0.25) is 0 Å². The molecule has 1 fully saturated rings. The van der Waals surface area contributed by atoms with Crippen molar-refractivity contribution in [2.45, 2.75) is 39.2 Å². The average molecular weight is 246 g/mol. The molecular weight excluding hydrogens is 224 g/mol. The number of rotatable bonds is 4. The summed E-state index contributed by atoms with van der Waals surface area (Å²) in [5, 5.41) is 2.90. The maximum absolute atomic E-state index is 11.2. The normalized spacial score (nSPS) is 15.5. The quantitative estimate of drug-likeness (QED) is 0.886. The Bertz CT molecular complexity index is 380. The van der Waals surface area contributed by atoms with Crippen LogP contribution in [0.3, 0.4) is 0 Å². The number of hydrogen-bond acceptors (Lipinski definition) is 2. The number of anilines is 1. The fourth-order valence-electron chi connectivity index (χ4n) is 2.30. The van der Waals surface area contributed by atoms with Crippen molar-refractivity contribution in [2.24, 2.45) is 0 Å². The number of nitrogens with zero attached hydrogens (tertiary/aromatic N) is 1.